The Bertz CT molecular complexity index is 337. The van der Waals surface area contributed by atoms with Crippen LogP contribution in [-0.2, 0) is 14.9 Å². The molecule has 1 aliphatic rings. The van der Waals surface area contributed by atoms with Gasteiger partial charge in [-0.05, 0) is 19.8 Å². The van der Waals surface area contributed by atoms with E-state index in [-0.39, 0.29) is 6.04 Å². The lowest BCUT2D eigenvalue weighted by atomic mass is 10.1. The van der Waals surface area contributed by atoms with E-state index >= 15 is 0 Å². The highest BCUT2D eigenvalue weighted by Gasteiger charge is 2.33. The van der Waals surface area contributed by atoms with Crippen molar-refractivity contribution in [1.29, 1.82) is 0 Å². The summed E-state index contributed by atoms with van der Waals surface area (Å²) in [5.74, 6) is 0.297. The highest BCUT2D eigenvalue weighted by Crippen LogP contribution is 2.22. The third-order valence-electron chi connectivity index (χ3n) is 3.24. The van der Waals surface area contributed by atoms with Gasteiger partial charge in [-0.25, -0.2) is 0 Å². The Morgan fingerprint density at radius 1 is 1.39 bits per heavy atom. The smallest absolute Gasteiger partial charge is 0.282 e. The van der Waals surface area contributed by atoms with E-state index in [4.69, 9.17) is 16.3 Å². The first-order chi connectivity index (χ1) is 8.54. The first-order valence-electron chi connectivity index (χ1n) is 6.36. The largest absolute Gasteiger partial charge is 0.383 e. The minimum absolute atomic E-state index is 0.0733. The molecule has 1 fully saturated rings. The molecule has 1 atom stereocenters. The van der Waals surface area contributed by atoms with Crippen molar-refractivity contribution >= 4 is 21.8 Å². The van der Waals surface area contributed by atoms with Crippen LogP contribution in [0.5, 0.6) is 0 Å². The van der Waals surface area contributed by atoms with E-state index in [0.29, 0.717) is 32.1 Å². The molecule has 7 heteroatoms. The minimum Gasteiger partial charge on any atom is -0.383 e. The Morgan fingerprint density at radius 3 is 2.67 bits per heavy atom. The second kappa shape index (κ2) is 7.65. The van der Waals surface area contributed by atoms with Crippen LogP contribution in [0.4, 0.5) is 0 Å². The third kappa shape index (κ3) is 4.06. The van der Waals surface area contributed by atoms with E-state index in [1.165, 1.54) is 4.31 Å². The number of methoxy groups -OCH3 is 1. The molecular weight excluding hydrogens is 276 g/mol. The maximum absolute atomic E-state index is 12.5. The SMILES string of the molecule is COCCN(CCCl)S(=O)(=O)N1CCCCC1C. The fourth-order valence-electron chi connectivity index (χ4n) is 2.19. The molecule has 0 radical (unpaired) electrons. The average molecular weight is 299 g/mol. The van der Waals surface area contributed by atoms with E-state index in [0.717, 1.165) is 19.3 Å². The van der Waals surface area contributed by atoms with E-state index in [1.807, 2.05) is 6.92 Å². The van der Waals surface area contributed by atoms with E-state index in [9.17, 15) is 8.42 Å². The lowest BCUT2D eigenvalue weighted by molar-refractivity contribution is 0.173. The molecule has 0 N–H and O–H groups in total. The summed E-state index contributed by atoms with van der Waals surface area (Å²) in [7, 11) is -1.84. The highest BCUT2D eigenvalue weighted by molar-refractivity contribution is 7.86. The van der Waals surface area contributed by atoms with Crippen LogP contribution in [-0.4, -0.2) is 62.3 Å². The van der Waals surface area contributed by atoms with Gasteiger partial charge in [-0.3, -0.25) is 0 Å². The van der Waals surface area contributed by atoms with Gasteiger partial charge >= 0.3 is 0 Å². The van der Waals surface area contributed by atoms with Crippen molar-refractivity contribution < 1.29 is 13.2 Å². The molecule has 1 saturated heterocycles. The van der Waals surface area contributed by atoms with Gasteiger partial charge in [-0.2, -0.15) is 17.0 Å². The lowest BCUT2D eigenvalue weighted by Gasteiger charge is -2.36. The molecule has 0 aromatic heterocycles. The Morgan fingerprint density at radius 2 is 2.11 bits per heavy atom. The summed E-state index contributed by atoms with van der Waals surface area (Å²) in [6.07, 6.45) is 2.96. The van der Waals surface area contributed by atoms with Crippen LogP contribution < -0.4 is 0 Å². The molecule has 0 saturated carbocycles. The zero-order chi connectivity index (χ0) is 13.6. The summed E-state index contributed by atoms with van der Waals surface area (Å²) >= 11 is 5.69. The molecule has 1 heterocycles. The number of halogens is 1. The molecule has 0 aliphatic carbocycles. The first-order valence-corrected chi connectivity index (χ1v) is 8.29. The summed E-state index contributed by atoms with van der Waals surface area (Å²) in [6.45, 7) is 3.64. The molecular formula is C11H23ClN2O3S. The van der Waals surface area contributed by atoms with Crippen molar-refractivity contribution in [1.82, 2.24) is 8.61 Å². The number of hydrogen-bond acceptors (Lipinski definition) is 3. The normalized spacial score (nSPS) is 22.6. The fraction of sp³-hybridized carbons (Fsp3) is 1.00. The van der Waals surface area contributed by atoms with Crippen molar-refractivity contribution in [3.05, 3.63) is 0 Å². The van der Waals surface area contributed by atoms with Crippen molar-refractivity contribution in [3.63, 3.8) is 0 Å². The van der Waals surface area contributed by atoms with Crippen molar-refractivity contribution in [2.75, 3.05) is 39.2 Å². The summed E-state index contributed by atoms with van der Waals surface area (Å²) in [6, 6.07) is 0.0733. The molecule has 0 spiro atoms. The van der Waals surface area contributed by atoms with Crippen LogP contribution in [0.15, 0.2) is 0 Å². The molecule has 1 rings (SSSR count). The van der Waals surface area contributed by atoms with Crippen molar-refractivity contribution in [2.45, 2.75) is 32.2 Å². The first kappa shape index (κ1) is 16.2. The Labute approximate surface area is 115 Å². The molecule has 108 valence electrons. The highest BCUT2D eigenvalue weighted by atomic mass is 35.5. The van der Waals surface area contributed by atoms with Crippen LogP contribution in [0.1, 0.15) is 26.2 Å². The van der Waals surface area contributed by atoms with Crippen LogP contribution in [0.2, 0.25) is 0 Å². The zero-order valence-electron chi connectivity index (χ0n) is 11.1. The second-order valence-electron chi connectivity index (χ2n) is 4.54. The number of nitrogens with zero attached hydrogens (tertiary/aromatic N) is 2. The van der Waals surface area contributed by atoms with Crippen molar-refractivity contribution in [3.8, 4) is 0 Å². The Kier molecular flexibility index (Phi) is 6.87. The van der Waals surface area contributed by atoms with Gasteiger partial charge in [-0.1, -0.05) is 6.42 Å². The molecule has 0 bridgehead atoms. The minimum atomic E-state index is -3.41. The van der Waals surface area contributed by atoms with Gasteiger partial charge in [0.2, 0.25) is 0 Å². The van der Waals surface area contributed by atoms with Gasteiger partial charge in [0.05, 0.1) is 6.61 Å². The molecule has 0 aromatic rings. The number of piperidine rings is 1. The average Bonchev–Trinajstić information content (AvgIpc) is 2.34. The number of alkyl halides is 1. The topological polar surface area (TPSA) is 49.9 Å². The van der Waals surface area contributed by atoms with Gasteiger partial charge in [0.15, 0.2) is 0 Å². The second-order valence-corrected chi connectivity index (χ2v) is 6.80. The van der Waals surface area contributed by atoms with Crippen LogP contribution >= 0.6 is 11.6 Å². The predicted octanol–water partition coefficient (Wildman–Crippen LogP) is 1.29. The quantitative estimate of drug-likeness (QED) is 0.666. The summed E-state index contributed by atoms with van der Waals surface area (Å²) in [5, 5.41) is 0. The molecule has 18 heavy (non-hydrogen) atoms. The summed E-state index contributed by atoms with van der Waals surface area (Å²) in [5.41, 5.74) is 0. The number of hydrogen-bond donors (Lipinski definition) is 0. The van der Waals surface area contributed by atoms with E-state index in [1.54, 1.807) is 11.4 Å². The lowest BCUT2D eigenvalue weighted by Crippen LogP contribution is -2.50. The maximum atomic E-state index is 12.5. The van der Waals surface area contributed by atoms with Gasteiger partial charge in [0, 0.05) is 38.7 Å². The van der Waals surface area contributed by atoms with Gasteiger partial charge in [0.25, 0.3) is 10.2 Å². The maximum Gasteiger partial charge on any atom is 0.282 e. The fourth-order valence-corrected chi connectivity index (χ4v) is 4.34. The predicted molar refractivity (Wildman–Crippen MR) is 73.1 cm³/mol. The summed E-state index contributed by atoms with van der Waals surface area (Å²) < 4.78 is 33.0. The van der Waals surface area contributed by atoms with Gasteiger partial charge < -0.3 is 4.74 Å². The third-order valence-corrected chi connectivity index (χ3v) is 5.57. The van der Waals surface area contributed by atoms with Gasteiger partial charge in [0.1, 0.15) is 0 Å². The van der Waals surface area contributed by atoms with Crippen LogP contribution in [0, 0.1) is 0 Å². The number of ether oxygens (including phenoxy) is 1. The number of rotatable bonds is 7. The van der Waals surface area contributed by atoms with E-state index in [2.05, 4.69) is 0 Å². The van der Waals surface area contributed by atoms with Gasteiger partial charge in [-0.15, -0.1) is 11.6 Å². The Hall–Kier alpha value is 0.120. The monoisotopic (exact) mass is 298 g/mol. The van der Waals surface area contributed by atoms with E-state index < -0.39 is 10.2 Å². The molecule has 1 unspecified atom stereocenters. The zero-order valence-corrected chi connectivity index (χ0v) is 12.7. The molecule has 0 aromatic carbocycles. The summed E-state index contributed by atoms with van der Waals surface area (Å²) in [4.78, 5) is 0. The molecule has 5 nitrogen and oxygen atoms in total. The Balaban J connectivity index is 2.78. The standard InChI is InChI=1S/C11H23ClN2O3S/c1-11-5-3-4-7-14(11)18(15,16)13(8-6-12)9-10-17-2/h11H,3-10H2,1-2H3. The van der Waals surface area contributed by atoms with Crippen LogP contribution in [0.25, 0.3) is 0 Å². The molecule has 1 aliphatic heterocycles. The molecule has 0 amide bonds. The van der Waals surface area contributed by atoms with Crippen LogP contribution in [0.3, 0.4) is 0 Å². The van der Waals surface area contributed by atoms with Crippen molar-refractivity contribution in [2.24, 2.45) is 0 Å².